The van der Waals surface area contributed by atoms with E-state index in [-0.39, 0.29) is 13.1 Å². The highest BCUT2D eigenvalue weighted by Gasteiger charge is 2.04. The number of aliphatic imine (C=N–C) groups is 2. The van der Waals surface area contributed by atoms with Crippen LogP contribution in [0, 0.1) is 0 Å². The van der Waals surface area contributed by atoms with Gasteiger partial charge in [-0.05, 0) is 27.7 Å². The number of hydrogen-bond acceptors (Lipinski definition) is 7. The van der Waals surface area contributed by atoms with Gasteiger partial charge in [0.15, 0.2) is 0 Å². The van der Waals surface area contributed by atoms with Gasteiger partial charge in [-0.1, -0.05) is 10.3 Å². The van der Waals surface area contributed by atoms with Gasteiger partial charge < -0.3 is 15.5 Å². The van der Waals surface area contributed by atoms with E-state index in [1.54, 1.807) is 27.7 Å². The molecule has 0 aliphatic heterocycles. The Labute approximate surface area is 106 Å². The molecule has 0 aromatic carbocycles. The molecule has 0 aromatic heterocycles. The first kappa shape index (κ1) is 16.2. The number of hydrogen-bond donors (Lipinski definition) is 3. The number of oxime groups is 2. The molecule has 0 heterocycles. The molecule has 0 aliphatic rings. The van der Waals surface area contributed by atoms with Crippen molar-refractivity contribution >= 4 is 22.8 Å². The number of aliphatic hydroxyl groups is 1. The fourth-order valence-corrected chi connectivity index (χ4v) is 0.916. The highest BCUT2D eigenvalue weighted by Crippen LogP contribution is 1.92. The largest absolute Gasteiger partial charge is 0.411 e. The van der Waals surface area contributed by atoms with Crippen LogP contribution in [0.1, 0.15) is 27.7 Å². The predicted octanol–water partition coefficient (Wildman–Crippen LogP) is 0.969. The lowest BCUT2D eigenvalue weighted by Crippen LogP contribution is -2.19. The summed E-state index contributed by atoms with van der Waals surface area (Å²) < 4.78 is 0. The molecule has 0 spiro atoms. The Morgan fingerprint density at radius 1 is 0.778 bits per heavy atom. The van der Waals surface area contributed by atoms with Gasteiger partial charge in [0.05, 0.1) is 42.0 Å². The van der Waals surface area contributed by atoms with E-state index in [2.05, 4.69) is 20.3 Å². The van der Waals surface area contributed by atoms with E-state index < -0.39 is 6.10 Å². The van der Waals surface area contributed by atoms with Gasteiger partial charge in [-0.25, -0.2) is 0 Å². The van der Waals surface area contributed by atoms with Gasteiger partial charge in [0.2, 0.25) is 0 Å². The van der Waals surface area contributed by atoms with Crippen LogP contribution < -0.4 is 0 Å². The van der Waals surface area contributed by atoms with Gasteiger partial charge in [0.1, 0.15) is 0 Å². The normalized spacial score (nSPS) is 16.9. The van der Waals surface area contributed by atoms with Crippen LogP contribution in [-0.4, -0.2) is 57.6 Å². The van der Waals surface area contributed by atoms with Crippen LogP contribution in [0.15, 0.2) is 20.3 Å². The molecule has 0 aromatic rings. The standard InChI is InChI=1S/C11H20N4O3/c1-7(9(3)14-17)12-5-11(16)6-13-8(2)10(4)15-18/h11,16-18H,5-6H2,1-4H3/b12-7?,13-8?,14-9+,15-10+. The van der Waals surface area contributed by atoms with E-state index in [9.17, 15) is 5.11 Å². The zero-order valence-electron chi connectivity index (χ0n) is 11.1. The summed E-state index contributed by atoms with van der Waals surface area (Å²) in [5, 5.41) is 32.7. The smallest absolute Gasteiger partial charge is 0.0971 e. The van der Waals surface area contributed by atoms with Crippen LogP contribution in [0.5, 0.6) is 0 Å². The summed E-state index contributed by atoms with van der Waals surface area (Å²) in [5.74, 6) is 0. The minimum atomic E-state index is -0.729. The third-order valence-corrected chi connectivity index (χ3v) is 2.43. The first-order valence-electron chi connectivity index (χ1n) is 5.50. The van der Waals surface area contributed by atoms with Crippen molar-refractivity contribution in [3.63, 3.8) is 0 Å². The molecular weight excluding hydrogens is 236 g/mol. The number of nitrogens with zero attached hydrogens (tertiary/aromatic N) is 4. The fourth-order valence-electron chi connectivity index (χ4n) is 0.916. The van der Waals surface area contributed by atoms with Crippen LogP contribution in [0.25, 0.3) is 0 Å². The minimum absolute atomic E-state index is 0.171. The van der Waals surface area contributed by atoms with Crippen LogP contribution in [0.2, 0.25) is 0 Å². The van der Waals surface area contributed by atoms with Crippen molar-refractivity contribution in [2.45, 2.75) is 33.8 Å². The highest BCUT2D eigenvalue weighted by atomic mass is 16.4. The summed E-state index contributed by atoms with van der Waals surface area (Å²) in [6, 6.07) is 0. The van der Waals surface area contributed by atoms with E-state index in [1.165, 1.54) is 0 Å². The lowest BCUT2D eigenvalue weighted by Gasteiger charge is -2.06. The zero-order valence-corrected chi connectivity index (χ0v) is 11.1. The van der Waals surface area contributed by atoms with Crippen molar-refractivity contribution < 1.29 is 15.5 Å². The van der Waals surface area contributed by atoms with E-state index in [4.69, 9.17) is 10.4 Å². The van der Waals surface area contributed by atoms with E-state index in [1.807, 2.05) is 0 Å². The maximum Gasteiger partial charge on any atom is 0.0971 e. The molecule has 0 atom stereocenters. The van der Waals surface area contributed by atoms with Crippen molar-refractivity contribution in [1.82, 2.24) is 0 Å². The maximum atomic E-state index is 9.64. The predicted molar refractivity (Wildman–Crippen MR) is 71.7 cm³/mol. The Balaban J connectivity index is 4.34. The molecule has 0 rings (SSSR count). The third kappa shape index (κ3) is 6.09. The van der Waals surface area contributed by atoms with Crippen LogP contribution in [0.3, 0.4) is 0 Å². The Hall–Kier alpha value is -1.76. The van der Waals surface area contributed by atoms with E-state index in [0.717, 1.165) is 0 Å². The maximum absolute atomic E-state index is 9.64. The molecule has 7 heteroatoms. The van der Waals surface area contributed by atoms with Gasteiger partial charge in [0.25, 0.3) is 0 Å². The summed E-state index contributed by atoms with van der Waals surface area (Å²) in [4.78, 5) is 8.13. The molecule has 102 valence electrons. The SMILES string of the molecule is CC(=NCC(O)CN=C(C)/C(C)=N/O)/C(C)=N/O. The summed E-state index contributed by atoms with van der Waals surface area (Å²) >= 11 is 0. The monoisotopic (exact) mass is 256 g/mol. The van der Waals surface area contributed by atoms with Crippen LogP contribution in [-0.2, 0) is 0 Å². The molecule has 3 N–H and O–H groups in total. The Kier molecular flexibility index (Phi) is 7.53. The number of aliphatic hydroxyl groups excluding tert-OH is 1. The van der Waals surface area contributed by atoms with Crippen molar-refractivity contribution in [2.24, 2.45) is 20.3 Å². The molecule has 0 radical (unpaired) electrons. The second-order valence-electron chi connectivity index (χ2n) is 3.88. The minimum Gasteiger partial charge on any atom is -0.411 e. The fraction of sp³-hybridized carbons (Fsp3) is 0.636. The molecule has 0 aliphatic carbocycles. The summed E-state index contributed by atoms with van der Waals surface area (Å²) in [6.45, 7) is 6.97. The van der Waals surface area contributed by atoms with E-state index >= 15 is 0 Å². The van der Waals surface area contributed by atoms with Crippen molar-refractivity contribution in [3.05, 3.63) is 0 Å². The van der Waals surface area contributed by atoms with E-state index in [0.29, 0.717) is 22.8 Å². The van der Waals surface area contributed by atoms with Crippen molar-refractivity contribution in [3.8, 4) is 0 Å². The van der Waals surface area contributed by atoms with Gasteiger partial charge in [-0.3, -0.25) is 9.98 Å². The summed E-state index contributed by atoms with van der Waals surface area (Å²) in [7, 11) is 0. The van der Waals surface area contributed by atoms with Gasteiger partial charge >= 0.3 is 0 Å². The van der Waals surface area contributed by atoms with Gasteiger partial charge in [0, 0.05) is 0 Å². The molecule has 0 fully saturated rings. The quantitative estimate of drug-likeness (QED) is 0.374. The van der Waals surface area contributed by atoms with Gasteiger partial charge in [-0.15, -0.1) is 0 Å². The molecular formula is C11H20N4O3. The van der Waals surface area contributed by atoms with Crippen molar-refractivity contribution in [1.29, 1.82) is 0 Å². The molecule has 7 nitrogen and oxygen atoms in total. The zero-order chi connectivity index (χ0) is 14.1. The lowest BCUT2D eigenvalue weighted by molar-refractivity contribution is 0.192. The number of rotatable bonds is 6. The summed E-state index contributed by atoms with van der Waals surface area (Å²) in [5.41, 5.74) is 1.94. The Morgan fingerprint density at radius 2 is 1.11 bits per heavy atom. The molecule has 18 heavy (non-hydrogen) atoms. The molecule has 0 saturated carbocycles. The van der Waals surface area contributed by atoms with Gasteiger partial charge in [-0.2, -0.15) is 0 Å². The lowest BCUT2D eigenvalue weighted by atomic mass is 10.2. The second kappa shape index (κ2) is 8.35. The highest BCUT2D eigenvalue weighted by molar-refractivity contribution is 6.40. The molecule has 0 amide bonds. The molecule has 0 saturated heterocycles. The summed E-state index contributed by atoms with van der Waals surface area (Å²) in [6.07, 6.45) is -0.729. The Morgan fingerprint density at radius 3 is 1.39 bits per heavy atom. The third-order valence-electron chi connectivity index (χ3n) is 2.43. The first-order chi connectivity index (χ1) is 8.42. The topological polar surface area (TPSA) is 110 Å². The average Bonchev–Trinajstić information content (AvgIpc) is 2.39. The molecule has 0 bridgehead atoms. The first-order valence-corrected chi connectivity index (χ1v) is 5.50. The van der Waals surface area contributed by atoms with Crippen LogP contribution in [0.4, 0.5) is 0 Å². The van der Waals surface area contributed by atoms with Crippen molar-refractivity contribution in [2.75, 3.05) is 13.1 Å². The molecule has 0 unspecified atom stereocenters. The average molecular weight is 256 g/mol. The Bertz CT molecular complexity index is 350. The second-order valence-corrected chi connectivity index (χ2v) is 3.88. The van der Waals surface area contributed by atoms with Crippen LogP contribution >= 0.6 is 0 Å².